The van der Waals surface area contributed by atoms with Gasteiger partial charge in [-0.3, -0.25) is 4.79 Å². The van der Waals surface area contributed by atoms with Crippen molar-refractivity contribution < 1.29 is 18.7 Å². The van der Waals surface area contributed by atoms with Gasteiger partial charge in [0.1, 0.15) is 5.82 Å². The van der Waals surface area contributed by atoms with E-state index < -0.39 is 12.1 Å². The second kappa shape index (κ2) is 8.03. The van der Waals surface area contributed by atoms with E-state index in [4.69, 9.17) is 4.74 Å². The second-order valence-electron chi connectivity index (χ2n) is 6.39. The maximum absolute atomic E-state index is 12.9. The summed E-state index contributed by atoms with van der Waals surface area (Å²) in [5.74, 6) is -1.20. The molecule has 0 aliphatic rings. The Kier molecular flexibility index (Phi) is 5.54. The molecule has 0 spiro atoms. The lowest BCUT2D eigenvalue weighted by Gasteiger charge is -2.13. The minimum Gasteiger partial charge on any atom is -0.449 e. The average Bonchev–Trinajstić information content (AvgIpc) is 3.00. The molecule has 2 aromatic carbocycles. The highest BCUT2D eigenvalue weighted by Crippen LogP contribution is 2.21. The van der Waals surface area contributed by atoms with Gasteiger partial charge in [0.25, 0.3) is 5.91 Å². The van der Waals surface area contributed by atoms with Crippen molar-refractivity contribution in [3.8, 4) is 0 Å². The maximum atomic E-state index is 12.9. The van der Waals surface area contributed by atoms with Gasteiger partial charge in [0, 0.05) is 30.7 Å². The topological polar surface area (TPSA) is 60.3 Å². The van der Waals surface area contributed by atoms with E-state index in [1.54, 1.807) is 18.3 Å². The molecule has 0 saturated carbocycles. The van der Waals surface area contributed by atoms with Crippen LogP contribution in [0.1, 0.15) is 22.8 Å². The Labute approximate surface area is 156 Å². The highest BCUT2D eigenvalue weighted by atomic mass is 19.1. The molecular formula is C21H21FN2O3. The summed E-state index contributed by atoms with van der Waals surface area (Å²) in [5.41, 5.74) is 2.26. The van der Waals surface area contributed by atoms with E-state index >= 15 is 0 Å². The van der Waals surface area contributed by atoms with Crippen molar-refractivity contribution >= 4 is 22.8 Å². The summed E-state index contributed by atoms with van der Waals surface area (Å²) in [5, 5.41) is 3.52. The number of carbonyl (C=O) groups is 2. The van der Waals surface area contributed by atoms with Gasteiger partial charge in [-0.05, 0) is 37.1 Å². The van der Waals surface area contributed by atoms with Crippen molar-refractivity contribution in [2.45, 2.75) is 19.4 Å². The first-order chi connectivity index (χ1) is 13.0. The monoisotopic (exact) mass is 368 g/mol. The van der Waals surface area contributed by atoms with Crippen LogP contribution in [-0.2, 0) is 23.0 Å². The molecular weight excluding hydrogens is 347 g/mol. The van der Waals surface area contributed by atoms with E-state index in [2.05, 4.69) is 5.32 Å². The molecule has 0 bridgehead atoms. The number of amides is 1. The van der Waals surface area contributed by atoms with E-state index in [1.165, 1.54) is 19.1 Å². The van der Waals surface area contributed by atoms with Gasteiger partial charge in [0.15, 0.2) is 6.10 Å². The number of para-hydroxylation sites is 1. The van der Waals surface area contributed by atoms with Gasteiger partial charge in [0.2, 0.25) is 0 Å². The van der Waals surface area contributed by atoms with Gasteiger partial charge in [-0.15, -0.1) is 0 Å². The predicted molar refractivity (Wildman–Crippen MR) is 101 cm³/mol. The molecule has 0 aliphatic heterocycles. The van der Waals surface area contributed by atoms with Gasteiger partial charge < -0.3 is 14.6 Å². The summed E-state index contributed by atoms with van der Waals surface area (Å²) in [6.45, 7) is 1.91. The lowest BCUT2D eigenvalue weighted by Crippen LogP contribution is -2.36. The molecule has 1 amide bonds. The van der Waals surface area contributed by atoms with Crippen LogP contribution in [0, 0.1) is 5.82 Å². The average molecular weight is 368 g/mol. The van der Waals surface area contributed by atoms with Crippen molar-refractivity contribution in [2.24, 2.45) is 7.05 Å². The van der Waals surface area contributed by atoms with Crippen molar-refractivity contribution in [3.05, 3.63) is 71.7 Å². The molecule has 0 unspecified atom stereocenters. The standard InChI is InChI=1S/C21H21FN2O3/c1-14(20(25)23-12-11-15-7-9-16(22)10-8-15)27-21(26)18-13-24(2)19-6-4-3-5-17(18)19/h3-10,13-14H,11-12H2,1-2H3,(H,23,25)/t14-/m0/s1. The van der Waals surface area contributed by atoms with Crippen LogP contribution in [-0.4, -0.2) is 29.1 Å². The number of ether oxygens (including phenoxy) is 1. The van der Waals surface area contributed by atoms with Crippen LogP contribution < -0.4 is 5.32 Å². The summed E-state index contributed by atoms with van der Waals surface area (Å²) in [6, 6.07) is 13.6. The fraction of sp³-hybridized carbons (Fsp3) is 0.238. The highest BCUT2D eigenvalue weighted by Gasteiger charge is 2.21. The summed E-state index contributed by atoms with van der Waals surface area (Å²) in [7, 11) is 1.85. The number of benzene rings is 2. The lowest BCUT2D eigenvalue weighted by molar-refractivity contribution is -0.129. The van der Waals surface area contributed by atoms with E-state index in [0.717, 1.165) is 16.5 Å². The molecule has 0 fully saturated rings. The van der Waals surface area contributed by atoms with Crippen LogP contribution in [0.25, 0.3) is 10.9 Å². The third-order valence-electron chi connectivity index (χ3n) is 4.40. The molecule has 0 saturated heterocycles. The molecule has 3 aromatic rings. The van der Waals surface area contributed by atoms with E-state index in [-0.39, 0.29) is 11.7 Å². The van der Waals surface area contributed by atoms with Crippen LogP contribution >= 0.6 is 0 Å². The molecule has 6 heteroatoms. The largest absolute Gasteiger partial charge is 0.449 e. The number of rotatable bonds is 6. The van der Waals surface area contributed by atoms with Crippen LogP contribution in [0.4, 0.5) is 4.39 Å². The number of carbonyl (C=O) groups excluding carboxylic acids is 2. The molecule has 1 aromatic heterocycles. The summed E-state index contributed by atoms with van der Waals surface area (Å²) in [6.07, 6.45) is 1.35. The number of nitrogens with one attached hydrogen (secondary N) is 1. The maximum Gasteiger partial charge on any atom is 0.341 e. The van der Waals surface area contributed by atoms with Crippen LogP contribution in [0.3, 0.4) is 0 Å². The number of hydrogen-bond donors (Lipinski definition) is 1. The second-order valence-corrected chi connectivity index (χ2v) is 6.39. The normalized spacial score (nSPS) is 12.0. The fourth-order valence-electron chi connectivity index (χ4n) is 2.91. The number of aryl methyl sites for hydroxylation is 1. The smallest absolute Gasteiger partial charge is 0.341 e. The molecule has 1 N–H and O–H groups in total. The first-order valence-corrected chi connectivity index (χ1v) is 8.73. The molecule has 0 radical (unpaired) electrons. The lowest BCUT2D eigenvalue weighted by atomic mass is 10.1. The van der Waals surface area contributed by atoms with E-state index in [9.17, 15) is 14.0 Å². The Morgan fingerprint density at radius 2 is 1.85 bits per heavy atom. The first-order valence-electron chi connectivity index (χ1n) is 8.73. The van der Waals surface area contributed by atoms with Crippen LogP contribution in [0.2, 0.25) is 0 Å². The molecule has 140 valence electrons. The first kappa shape index (κ1) is 18.6. The van der Waals surface area contributed by atoms with Gasteiger partial charge in [-0.1, -0.05) is 30.3 Å². The van der Waals surface area contributed by atoms with Gasteiger partial charge >= 0.3 is 5.97 Å². The molecule has 5 nitrogen and oxygen atoms in total. The number of hydrogen-bond acceptors (Lipinski definition) is 3. The summed E-state index contributed by atoms with van der Waals surface area (Å²) in [4.78, 5) is 24.6. The van der Waals surface area contributed by atoms with Gasteiger partial charge in [-0.25, -0.2) is 9.18 Å². The van der Waals surface area contributed by atoms with Gasteiger partial charge in [-0.2, -0.15) is 0 Å². The SMILES string of the molecule is C[C@H](OC(=O)c1cn(C)c2ccccc12)C(=O)NCCc1ccc(F)cc1. The van der Waals surface area contributed by atoms with Crippen molar-refractivity contribution in [2.75, 3.05) is 6.54 Å². The third-order valence-corrected chi connectivity index (χ3v) is 4.40. The fourth-order valence-corrected chi connectivity index (χ4v) is 2.91. The quantitative estimate of drug-likeness (QED) is 0.680. The Hall–Kier alpha value is -3.15. The van der Waals surface area contributed by atoms with E-state index in [1.807, 2.05) is 35.9 Å². The zero-order chi connectivity index (χ0) is 19.4. The van der Waals surface area contributed by atoms with Gasteiger partial charge in [0.05, 0.1) is 5.56 Å². The molecule has 27 heavy (non-hydrogen) atoms. The number of nitrogens with zero attached hydrogens (tertiary/aromatic N) is 1. The van der Waals surface area contributed by atoms with E-state index in [0.29, 0.717) is 18.5 Å². The Balaban J connectivity index is 1.55. The molecule has 1 heterocycles. The van der Waals surface area contributed by atoms with Crippen LogP contribution in [0.5, 0.6) is 0 Å². The van der Waals surface area contributed by atoms with Crippen molar-refractivity contribution in [1.29, 1.82) is 0 Å². The zero-order valence-corrected chi connectivity index (χ0v) is 15.2. The van der Waals surface area contributed by atoms with Crippen molar-refractivity contribution in [3.63, 3.8) is 0 Å². The summed E-state index contributed by atoms with van der Waals surface area (Å²) >= 11 is 0. The van der Waals surface area contributed by atoms with Crippen LogP contribution in [0.15, 0.2) is 54.7 Å². The molecule has 1 atom stereocenters. The minimum absolute atomic E-state index is 0.295. The Bertz CT molecular complexity index is 963. The summed E-state index contributed by atoms with van der Waals surface area (Å²) < 4.78 is 20.1. The predicted octanol–water partition coefficient (Wildman–Crippen LogP) is 3.22. The zero-order valence-electron chi connectivity index (χ0n) is 15.2. The minimum atomic E-state index is -0.912. The molecule has 0 aliphatic carbocycles. The third kappa shape index (κ3) is 4.34. The number of fused-ring (bicyclic) bond motifs is 1. The number of esters is 1. The number of halogens is 1. The van der Waals surface area contributed by atoms with Crippen molar-refractivity contribution in [1.82, 2.24) is 9.88 Å². The number of aromatic nitrogens is 1. The Morgan fingerprint density at radius 1 is 1.15 bits per heavy atom. The highest BCUT2D eigenvalue weighted by molar-refractivity contribution is 6.05. The molecule has 3 rings (SSSR count). The Morgan fingerprint density at radius 3 is 2.59 bits per heavy atom.